The Morgan fingerprint density at radius 1 is 0.852 bits per heavy atom. The Labute approximate surface area is 155 Å². The van der Waals surface area contributed by atoms with Crippen LogP contribution >= 0.6 is 0 Å². The molecule has 1 saturated heterocycles. The lowest BCUT2D eigenvalue weighted by atomic mass is 9.96. The van der Waals surface area contributed by atoms with E-state index in [2.05, 4.69) is 0 Å². The van der Waals surface area contributed by atoms with E-state index < -0.39 is 87.0 Å². The molecule has 12 heteroatoms. The van der Waals surface area contributed by atoms with Gasteiger partial charge in [-0.1, -0.05) is 0 Å². The monoisotopic (exact) mass is 402 g/mol. The lowest BCUT2D eigenvalue weighted by Gasteiger charge is -2.38. The summed E-state index contributed by atoms with van der Waals surface area (Å²) in [6.07, 6.45) is -17.8. The largest absolute Gasteiger partial charge is 0.394 e. The van der Waals surface area contributed by atoms with E-state index in [1.165, 1.54) is 6.92 Å². The van der Waals surface area contributed by atoms with Crippen LogP contribution in [0.4, 0.5) is 0 Å². The molecule has 1 aliphatic heterocycles. The van der Waals surface area contributed by atoms with Crippen molar-refractivity contribution in [2.24, 2.45) is 0 Å². The van der Waals surface area contributed by atoms with Crippen molar-refractivity contribution in [2.45, 2.75) is 80.7 Å². The van der Waals surface area contributed by atoms with Gasteiger partial charge in [-0.2, -0.15) is 0 Å². The Hall–Kier alpha value is -0.480. The standard InChI is InChI=1S/C15H30O12/c1-5(17)9(19)12(22)10(20)7(18)2-6(3-16)26-4-8-11(21)13(23)14(24)15(25)27-8/h5-25H,2-4H2,1H3/t5-,6+,7+,8-,9+,10+,11-,12-,13+,14-,15?/m1/s1. The van der Waals surface area contributed by atoms with Crippen LogP contribution < -0.4 is 0 Å². The molecular formula is C15H30O12. The Bertz CT molecular complexity index is 424. The molecule has 0 amide bonds. The third-order valence-electron chi connectivity index (χ3n) is 4.48. The van der Waals surface area contributed by atoms with Crippen molar-refractivity contribution in [1.29, 1.82) is 0 Å². The van der Waals surface area contributed by atoms with Gasteiger partial charge >= 0.3 is 0 Å². The van der Waals surface area contributed by atoms with Gasteiger partial charge in [0.2, 0.25) is 0 Å². The Balaban J connectivity index is 2.56. The molecule has 0 aromatic carbocycles. The third-order valence-corrected chi connectivity index (χ3v) is 4.48. The summed E-state index contributed by atoms with van der Waals surface area (Å²) in [4.78, 5) is 0. The minimum Gasteiger partial charge on any atom is -0.394 e. The van der Waals surface area contributed by atoms with Crippen LogP contribution in [0.5, 0.6) is 0 Å². The van der Waals surface area contributed by atoms with Gasteiger partial charge in [0.25, 0.3) is 0 Å². The van der Waals surface area contributed by atoms with Crippen LogP contribution in [0.3, 0.4) is 0 Å². The van der Waals surface area contributed by atoms with Crippen molar-refractivity contribution < 1.29 is 60.5 Å². The highest BCUT2D eigenvalue weighted by molar-refractivity contribution is 4.89. The number of ether oxygens (including phenoxy) is 2. The second kappa shape index (κ2) is 10.9. The first-order chi connectivity index (χ1) is 12.5. The normalized spacial score (nSPS) is 35.9. The first-order valence-corrected chi connectivity index (χ1v) is 8.51. The smallest absolute Gasteiger partial charge is 0.184 e. The number of hydrogen-bond acceptors (Lipinski definition) is 12. The molecule has 1 aliphatic rings. The van der Waals surface area contributed by atoms with Crippen LogP contribution in [0.1, 0.15) is 13.3 Å². The highest BCUT2D eigenvalue weighted by Gasteiger charge is 2.43. The van der Waals surface area contributed by atoms with Crippen molar-refractivity contribution >= 4 is 0 Å². The summed E-state index contributed by atoms with van der Waals surface area (Å²) in [7, 11) is 0. The number of rotatable bonds is 10. The fraction of sp³-hybridized carbons (Fsp3) is 1.00. The van der Waals surface area contributed by atoms with E-state index >= 15 is 0 Å². The van der Waals surface area contributed by atoms with Gasteiger partial charge in [-0.25, -0.2) is 0 Å². The summed E-state index contributed by atoms with van der Waals surface area (Å²) >= 11 is 0. The third kappa shape index (κ3) is 6.52. The Morgan fingerprint density at radius 3 is 1.96 bits per heavy atom. The maximum Gasteiger partial charge on any atom is 0.184 e. The average Bonchev–Trinajstić information content (AvgIpc) is 2.64. The fourth-order valence-corrected chi connectivity index (χ4v) is 2.62. The van der Waals surface area contributed by atoms with E-state index in [1.54, 1.807) is 0 Å². The molecule has 27 heavy (non-hydrogen) atoms. The van der Waals surface area contributed by atoms with Gasteiger partial charge in [0.15, 0.2) is 6.29 Å². The molecule has 0 aromatic rings. The van der Waals surface area contributed by atoms with Crippen molar-refractivity contribution in [3.05, 3.63) is 0 Å². The molecule has 1 rings (SSSR count). The van der Waals surface area contributed by atoms with Gasteiger partial charge in [0.1, 0.15) is 42.7 Å². The second-order valence-electron chi connectivity index (χ2n) is 6.69. The van der Waals surface area contributed by atoms with E-state index in [1.807, 2.05) is 0 Å². The predicted molar refractivity (Wildman–Crippen MR) is 86.1 cm³/mol. The summed E-state index contributed by atoms with van der Waals surface area (Å²) in [5.41, 5.74) is 0. The van der Waals surface area contributed by atoms with Crippen LogP contribution in [0.2, 0.25) is 0 Å². The summed E-state index contributed by atoms with van der Waals surface area (Å²) in [6.45, 7) is 0.117. The van der Waals surface area contributed by atoms with Gasteiger partial charge in [-0.05, 0) is 6.92 Å². The molecule has 0 saturated carbocycles. The zero-order valence-corrected chi connectivity index (χ0v) is 14.8. The number of aliphatic hydroxyl groups excluding tert-OH is 10. The van der Waals surface area contributed by atoms with E-state index in [0.29, 0.717) is 0 Å². The molecule has 1 fully saturated rings. The van der Waals surface area contributed by atoms with Crippen molar-refractivity contribution in [1.82, 2.24) is 0 Å². The maximum absolute atomic E-state index is 9.94. The molecule has 11 atom stereocenters. The van der Waals surface area contributed by atoms with E-state index in [0.717, 1.165) is 0 Å². The van der Waals surface area contributed by atoms with Gasteiger partial charge in [0.05, 0.1) is 31.5 Å². The average molecular weight is 402 g/mol. The van der Waals surface area contributed by atoms with Gasteiger partial charge in [-0.15, -0.1) is 0 Å². The van der Waals surface area contributed by atoms with E-state index in [-0.39, 0.29) is 0 Å². The molecular weight excluding hydrogens is 372 g/mol. The van der Waals surface area contributed by atoms with Crippen LogP contribution in [-0.4, -0.2) is 132 Å². The molecule has 1 heterocycles. The quantitative estimate of drug-likeness (QED) is 0.165. The van der Waals surface area contributed by atoms with E-state index in [4.69, 9.17) is 9.47 Å². The maximum atomic E-state index is 9.94. The number of aliphatic hydroxyl groups is 10. The first-order valence-electron chi connectivity index (χ1n) is 8.51. The summed E-state index contributed by atoms with van der Waals surface area (Å²) in [5.74, 6) is 0. The van der Waals surface area contributed by atoms with Crippen molar-refractivity contribution in [3.63, 3.8) is 0 Å². The van der Waals surface area contributed by atoms with Gasteiger partial charge in [0, 0.05) is 6.42 Å². The molecule has 0 spiro atoms. The topological polar surface area (TPSA) is 221 Å². The SMILES string of the molecule is C[C@@H](O)[C@H](O)[C@@H](O)[C@@H](O)[C@@H](O)C[C@@H](CO)OC[C@H]1OC(O)[C@H](O)[C@@H](O)[C@@H]1O. The van der Waals surface area contributed by atoms with Crippen molar-refractivity contribution in [3.8, 4) is 0 Å². The summed E-state index contributed by atoms with van der Waals surface area (Å²) in [6, 6.07) is 0. The second-order valence-corrected chi connectivity index (χ2v) is 6.69. The van der Waals surface area contributed by atoms with E-state index in [9.17, 15) is 51.1 Å². The van der Waals surface area contributed by atoms with Crippen molar-refractivity contribution in [2.75, 3.05) is 13.2 Å². The molecule has 0 bridgehead atoms. The minimum absolute atomic E-state index is 0.391. The fourth-order valence-electron chi connectivity index (χ4n) is 2.62. The molecule has 1 unspecified atom stereocenters. The molecule has 10 N–H and O–H groups in total. The highest BCUT2D eigenvalue weighted by Crippen LogP contribution is 2.21. The Kier molecular flexibility index (Phi) is 9.91. The zero-order valence-electron chi connectivity index (χ0n) is 14.8. The molecule has 12 nitrogen and oxygen atoms in total. The molecule has 0 aromatic heterocycles. The van der Waals surface area contributed by atoms with Crippen LogP contribution in [0.15, 0.2) is 0 Å². The zero-order chi connectivity index (χ0) is 20.9. The summed E-state index contributed by atoms with van der Waals surface area (Å²) in [5, 5.41) is 95.8. The van der Waals surface area contributed by atoms with Crippen LogP contribution in [0, 0.1) is 0 Å². The first kappa shape index (κ1) is 24.6. The Morgan fingerprint density at radius 2 is 1.44 bits per heavy atom. The van der Waals surface area contributed by atoms with Crippen LogP contribution in [0.25, 0.3) is 0 Å². The van der Waals surface area contributed by atoms with Gasteiger partial charge < -0.3 is 60.5 Å². The molecule has 0 aliphatic carbocycles. The number of hydrogen-bond donors (Lipinski definition) is 10. The molecule has 0 radical (unpaired) electrons. The minimum atomic E-state index is -1.85. The summed E-state index contributed by atoms with van der Waals surface area (Å²) < 4.78 is 10.1. The molecule has 162 valence electrons. The van der Waals surface area contributed by atoms with Crippen LogP contribution in [-0.2, 0) is 9.47 Å². The lowest BCUT2D eigenvalue weighted by molar-refractivity contribution is -0.291. The predicted octanol–water partition coefficient (Wildman–Crippen LogP) is -5.62. The van der Waals surface area contributed by atoms with Gasteiger partial charge in [-0.3, -0.25) is 0 Å². The highest BCUT2D eigenvalue weighted by atomic mass is 16.6. The lowest BCUT2D eigenvalue weighted by Crippen LogP contribution is -2.58.